The molecule has 2 saturated heterocycles. The highest BCUT2D eigenvalue weighted by Crippen LogP contribution is 2.23. The van der Waals surface area contributed by atoms with Crippen LogP contribution in [0.15, 0.2) is 24.3 Å². The summed E-state index contributed by atoms with van der Waals surface area (Å²) >= 11 is 0. The van der Waals surface area contributed by atoms with Crippen LogP contribution < -0.4 is 9.64 Å². The molecule has 2 heterocycles. The summed E-state index contributed by atoms with van der Waals surface area (Å²) in [6.07, 6.45) is 5.40. The van der Waals surface area contributed by atoms with Gasteiger partial charge in [-0.1, -0.05) is 6.92 Å². The van der Waals surface area contributed by atoms with Crippen LogP contribution in [-0.2, 0) is 4.79 Å². The van der Waals surface area contributed by atoms with Crippen molar-refractivity contribution in [2.75, 3.05) is 37.7 Å². The lowest BCUT2D eigenvalue weighted by Gasteiger charge is -2.30. The maximum absolute atomic E-state index is 11.9. The summed E-state index contributed by atoms with van der Waals surface area (Å²) in [5.41, 5.74) is 0.993. The minimum Gasteiger partial charge on any atom is -0.492 e. The summed E-state index contributed by atoms with van der Waals surface area (Å²) < 4.78 is 5.86. The van der Waals surface area contributed by atoms with Crippen molar-refractivity contribution >= 4 is 11.6 Å². The van der Waals surface area contributed by atoms with Crippen molar-refractivity contribution in [1.82, 2.24) is 4.90 Å². The summed E-state index contributed by atoms with van der Waals surface area (Å²) in [7, 11) is 0. The molecule has 2 aliphatic heterocycles. The normalized spacial score (nSPS) is 20.7. The number of anilines is 1. The summed E-state index contributed by atoms with van der Waals surface area (Å²) in [5, 5.41) is 0. The van der Waals surface area contributed by atoms with Gasteiger partial charge in [0.25, 0.3) is 0 Å². The fourth-order valence-corrected chi connectivity index (χ4v) is 3.38. The van der Waals surface area contributed by atoms with Gasteiger partial charge in [0.1, 0.15) is 12.4 Å². The quantitative estimate of drug-likeness (QED) is 0.835. The molecule has 4 heteroatoms. The van der Waals surface area contributed by atoms with Crippen molar-refractivity contribution in [1.29, 1.82) is 0 Å². The molecule has 0 saturated carbocycles. The highest BCUT2D eigenvalue weighted by Gasteiger charge is 2.19. The summed E-state index contributed by atoms with van der Waals surface area (Å²) in [6, 6.07) is 7.97. The Hall–Kier alpha value is -1.55. The van der Waals surface area contributed by atoms with Gasteiger partial charge in [-0.05, 0) is 69.0 Å². The third-order valence-electron chi connectivity index (χ3n) is 5.02. The fraction of sp³-hybridized carbons (Fsp3) is 0.632. The highest BCUT2D eigenvalue weighted by molar-refractivity contribution is 5.93. The number of ether oxygens (including phenoxy) is 1. The van der Waals surface area contributed by atoms with E-state index in [9.17, 15) is 4.79 Å². The number of likely N-dealkylation sites (tertiary alicyclic amines) is 1. The van der Waals surface area contributed by atoms with Crippen molar-refractivity contribution in [3.05, 3.63) is 24.3 Å². The lowest BCUT2D eigenvalue weighted by Crippen LogP contribution is -2.35. The predicted molar refractivity (Wildman–Crippen MR) is 93.0 cm³/mol. The number of carbonyl (C=O) groups excluding carboxylic acids is 1. The van der Waals surface area contributed by atoms with E-state index in [1.54, 1.807) is 0 Å². The molecular weight excluding hydrogens is 288 g/mol. The highest BCUT2D eigenvalue weighted by atomic mass is 16.5. The van der Waals surface area contributed by atoms with E-state index < -0.39 is 0 Å². The van der Waals surface area contributed by atoms with Crippen molar-refractivity contribution < 1.29 is 9.53 Å². The Morgan fingerprint density at radius 3 is 2.52 bits per heavy atom. The van der Waals surface area contributed by atoms with Crippen LogP contribution in [0.3, 0.4) is 0 Å². The third-order valence-corrected chi connectivity index (χ3v) is 5.02. The summed E-state index contributed by atoms with van der Waals surface area (Å²) in [4.78, 5) is 16.3. The lowest BCUT2D eigenvalue weighted by molar-refractivity contribution is -0.119. The lowest BCUT2D eigenvalue weighted by atomic mass is 9.99. The van der Waals surface area contributed by atoms with E-state index in [1.165, 1.54) is 25.9 Å². The molecule has 23 heavy (non-hydrogen) atoms. The monoisotopic (exact) mass is 316 g/mol. The summed E-state index contributed by atoms with van der Waals surface area (Å²) in [5.74, 6) is 2.00. The Balaban J connectivity index is 1.45. The number of nitrogens with zero attached hydrogens (tertiary/aromatic N) is 2. The van der Waals surface area contributed by atoms with E-state index in [-0.39, 0.29) is 5.91 Å². The minimum atomic E-state index is 0.240. The van der Waals surface area contributed by atoms with Crippen molar-refractivity contribution in [2.24, 2.45) is 5.92 Å². The Morgan fingerprint density at radius 2 is 1.83 bits per heavy atom. The minimum absolute atomic E-state index is 0.240. The molecule has 4 nitrogen and oxygen atoms in total. The zero-order valence-electron chi connectivity index (χ0n) is 14.2. The van der Waals surface area contributed by atoms with Gasteiger partial charge in [0, 0.05) is 25.2 Å². The molecule has 0 unspecified atom stereocenters. The van der Waals surface area contributed by atoms with Crippen LogP contribution in [0.2, 0.25) is 0 Å². The van der Waals surface area contributed by atoms with Gasteiger partial charge in [0.05, 0.1) is 0 Å². The van der Waals surface area contributed by atoms with Crippen molar-refractivity contribution in [2.45, 2.75) is 39.0 Å². The van der Waals surface area contributed by atoms with Crippen LogP contribution in [0.1, 0.15) is 39.0 Å². The van der Waals surface area contributed by atoms with Gasteiger partial charge in [0.15, 0.2) is 0 Å². The number of hydrogen-bond acceptors (Lipinski definition) is 3. The van der Waals surface area contributed by atoms with Crippen LogP contribution in [0, 0.1) is 5.92 Å². The molecule has 0 radical (unpaired) electrons. The first-order chi connectivity index (χ1) is 11.2. The molecule has 2 fully saturated rings. The Bertz CT molecular complexity index is 507. The number of benzene rings is 1. The van der Waals surface area contributed by atoms with E-state index in [1.807, 2.05) is 29.2 Å². The van der Waals surface area contributed by atoms with Gasteiger partial charge in [-0.3, -0.25) is 9.69 Å². The third kappa shape index (κ3) is 4.47. The molecular formula is C19H28N2O2. The van der Waals surface area contributed by atoms with E-state index in [4.69, 9.17) is 4.74 Å². The number of carbonyl (C=O) groups is 1. The van der Waals surface area contributed by atoms with Crippen LogP contribution in [0.25, 0.3) is 0 Å². The topological polar surface area (TPSA) is 32.8 Å². The zero-order chi connectivity index (χ0) is 16.1. The number of piperidine rings is 2. The molecule has 0 spiro atoms. The van der Waals surface area contributed by atoms with E-state index in [0.717, 1.165) is 49.9 Å². The Morgan fingerprint density at radius 1 is 1.09 bits per heavy atom. The molecule has 1 aromatic rings. The molecule has 0 N–H and O–H groups in total. The van der Waals surface area contributed by atoms with Crippen molar-refractivity contribution in [3.8, 4) is 5.75 Å². The molecule has 1 amide bonds. The second kappa shape index (κ2) is 7.82. The predicted octanol–water partition coefficient (Wildman–Crippen LogP) is 3.31. The first-order valence-corrected chi connectivity index (χ1v) is 8.98. The van der Waals surface area contributed by atoms with E-state index in [2.05, 4.69) is 11.8 Å². The van der Waals surface area contributed by atoms with Gasteiger partial charge in [-0.2, -0.15) is 0 Å². The molecule has 126 valence electrons. The average molecular weight is 316 g/mol. The standard InChI is InChI=1S/C19H28N2O2/c1-16-9-12-20(13-10-16)14-15-23-18-7-5-17(6-8-18)21-11-3-2-4-19(21)22/h5-8,16H,2-4,9-15H2,1H3. The van der Waals surface area contributed by atoms with Crippen LogP contribution in [-0.4, -0.2) is 43.6 Å². The number of amides is 1. The van der Waals surface area contributed by atoms with Gasteiger partial charge >= 0.3 is 0 Å². The van der Waals surface area contributed by atoms with E-state index >= 15 is 0 Å². The summed E-state index contributed by atoms with van der Waals surface area (Å²) in [6.45, 7) is 7.30. The largest absolute Gasteiger partial charge is 0.492 e. The molecule has 0 bridgehead atoms. The van der Waals surface area contributed by atoms with Gasteiger partial charge in [-0.15, -0.1) is 0 Å². The first kappa shape index (κ1) is 16.3. The SMILES string of the molecule is CC1CCN(CCOc2ccc(N3CCCCC3=O)cc2)CC1. The Kier molecular flexibility index (Phi) is 5.55. The van der Waals surface area contributed by atoms with Crippen molar-refractivity contribution in [3.63, 3.8) is 0 Å². The van der Waals surface area contributed by atoms with Crippen LogP contribution in [0.5, 0.6) is 5.75 Å². The average Bonchev–Trinajstić information content (AvgIpc) is 2.58. The molecule has 1 aromatic carbocycles. The maximum atomic E-state index is 11.9. The fourth-order valence-electron chi connectivity index (χ4n) is 3.38. The first-order valence-electron chi connectivity index (χ1n) is 8.98. The number of rotatable bonds is 5. The maximum Gasteiger partial charge on any atom is 0.226 e. The molecule has 3 rings (SSSR count). The van der Waals surface area contributed by atoms with Gasteiger partial charge in [-0.25, -0.2) is 0 Å². The molecule has 2 aliphatic rings. The molecule has 0 aromatic heterocycles. The smallest absolute Gasteiger partial charge is 0.226 e. The second-order valence-corrected chi connectivity index (χ2v) is 6.87. The second-order valence-electron chi connectivity index (χ2n) is 6.87. The van der Waals surface area contributed by atoms with Crippen LogP contribution in [0.4, 0.5) is 5.69 Å². The Labute approximate surface area is 139 Å². The zero-order valence-corrected chi connectivity index (χ0v) is 14.2. The molecule has 0 aliphatic carbocycles. The van der Waals surface area contributed by atoms with Gasteiger partial charge in [0.2, 0.25) is 5.91 Å². The number of hydrogen-bond donors (Lipinski definition) is 0. The van der Waals surface area contributed by atoms with Crippen LogP contribution >= 0.6 is 0 Å². The van der Waals surface area contributed by atoms with Gasteiger partial charge < -0.3 is 9.64 Å². The molecule has 0 atom stereocenters. The van der Waals surface area contributed by atoms with E-state index in [0.29, 0.717) is 6.42 Å².